The molecular formula is C27H22I6NO9+. The highest BCUT2D eigenvalue weighted by Gasteiger charge is 2.23. The molecule has 0 unspecified atom stereocenters. The van der Waals surface area contributed by atoms with Crippen LogP contribution in [0.3, 0.4) is 0 Å². The van der Waals surface area contributed by atoms with Gasteiger partial charge < -0.3 is 34.4 Å². The number of ether oxygens (including phenoxy) is 3. The highest BCUT2D eigenvalue weighted by Crippen LogP contribution is 2.31. The van der Waals surface area contributed by atoms with Gasteiger partial charge in [0.25, 0.3) is 0 Å². The molecule has 4 N–H and O–H groups in total. The molecule has 0 spiro atoms. The first kappa shape index (κ1) is 37.3. The minimum Gasteiger partial charge on any atom is -0.506 e. The lowest BCUT2D eigenvalue weighted by atomic mass is 10.2. The van der Waals surface area contributed by atoms with Crippen molar-refractivity contribution in [2.75, 3.05) is 39.5 Å². The molecule has 3 aromatic rings. The van der Waals surface area contributed by atoms with E-state index < -0.39 is 17.9 Å². The number of esters is 3. The van der Waals surface area contributed by atoms with Crippen LogP contribution in [0.25, 0.3) is 0 Å². The normalized spacial score (nSPS) is 11.0. The van der Waals surface area contributed by atoms with E-state index in [9.17, 15) is 29.7 Å². The minimum atomic E-state index is -0.676. The molecule has 0 radical (unpaired) electrons. The quantitative estimate of drug-likeness (QED) is 0.110. The van der Waals surface area contributed by atoms with Gasteiger partial charge in [-0.2, -0.15) is 0 Å². The van der Waals surface area contributed by atoms with E-state index >= 15 is 0 Å². The van der Waals surface area contributed by atoms with Crippen molar-refractivity contribution in [3.8, 4) is 17.2 Å². The molecular weight excluding hydrogens is 1240 g/mol. The van der Waals surface area contributed by atoms with Crippen LogP contribution in [0.4, 0.5) is 0 Å². The molecule has 0 aliphatic rings. The van der Waals surface area contributed by atoms with Crippen LogP contribution in [0.1, 0.15) is 31.1 Å². The topological polar surface area (TPSA) is 144 Å². The van der Waals surface area contributed by atoms with Crippen molar-refractivity contribution in [2.24, 2.45) is 0 Å². The lowest BCUT2D eigenvalue weighted by Crippen LogP contribution is -3.13. The van der Waals surface area contributed by atoms with Gasteiger partial charge in [-0.15, -0.1) is 0 Å². The Kier molecular flexibility index (Phi) is 15.3. The van der Waals surface area contributed by atoms with Crippen molar-refractivity contribution < 1.29 is 48.8 Å². The molecule has 10 nitrogen and oxygen atoms in total. The standard InChI is InChI=1S/C27H21I6NO9/c28-13-1-4-16(31)22(35)19(13)25(38)41-10-7-34(8-11-42-26(39)20-14(29)2-5-17(32)23(20)36)9-12-43-27(40)21-15(30)3-6-18(33)24(21)37/h1-6,35-37H,7-12H2/p+1. The lowest BCUT2D eigenvalue weighted by molar-refractivity contribution is -0.900. The number of nitrogens with one attached hydrogen (secondary N) is 1. The number of aromatic hydroxyl groups is 3. The average Bonchev–Trinajstić information content (AvgIpc) is 2.95. The summed E-state index contributed by atoms with van der Waals surface area (Å²) in [5.74, 6) is -2.48. The average molecular weight is 1270 g/mol. The Morgan fingerprint density at radius 1 is 0.488 bits per heavy atom. The highest BCUT2D eigenvalue weighted by molar-refractivity contribution is 14.1. The molecule has 0 aliphatic carbocycles. The van der Waals surface area contributed by atoms with Crippen molar-refractivity contribution in [2.45, 2.75) is 0 Å². The molecule has 0 amide bonds. The van der Waals surface area contributed by atoms with Crippen molar-refractivity contribution in [3.63, 3.8) is 0 Å². The molecule has 3 aromatic carbocycles. The van der Waals surface area contributed by atoms with E-state index in [0.29, 0.717) is 21.4 Å². The minimum absolute atomic E-state index is 0.0256. The number of phenolic OH excluding ortho intramolecular Hbond substituents is 3. The van der Waals surface area contributed by atoms with E-state index in [2.05, 4.69) is 0 Å². The number of hydrogen-bond donors (Lipinski definition) is 4. The molecule has 3 rings (SSSR count). The van der Waals surface area contributed by atoms with Crippen LogP contribution in [0.15, 0.2) is 36.4 Å². The fraction of sp³-hybridized carbons (Fsp3) is 0.222. The van der Waals surface area contributed by atoms with Gasteiger partial charge >= 0.3 is 17.9 Å². The number of carbonyl (C=O) groups excluding carboxylic acids is 3. The van der Waals surface area contributed by atoms with Crippen LogP contribution in [-0.2, 0) is 14.2 Å². The second-order valence-corrected chi connectivity index (χ2v) is 15.6. The van der Waals surface area contributed by atoms with Gasteiger partial charge in [0.2, 0.25) is 0 Å². The van der Waals surface area contributed by atoms with Gasteiger partial charge in [0.05, 0.1) is 10.7 Å². The third kappa shape index (κ3) is 10.1. The van der Waals surface area contributed by atoms with Crippen LogP contribution in [0.2, 0.25) is 0 Å². The van der Waals surface area contributed by atoms with E-state index in [0.717, 1.165) is 4.90 Å². The smallest absolute Gasteiger partial charge is 0.343 e. The number of rotatable bonds is 12. The molecule has 230 valence electrons. The monoisotopic (exact) mass is 1270 g/mol. The molecule has 0 aliphatic heterocycles. The van der Waals surface area contributed by atoms with Crippen LogP contribution >= 0.6 is 136 Å². The molecule has 0 fully saturated rings. The van der Waals surface area contributed by atoms with Crippen LogP contribution in [0, 0.1) is 21.4 Å². The van der Waals surface area contributed by atoms with Gasteiger partial charge in [-0.1, -0.05) is 0 Å². The third-order valence-electron chi connectivity index (χ3n) is 5.91. The number of benzene rings is 3. The molecule has 0 bridgehead atoms. The molecule has 0 saturated heterocycles. The van der Waals surface area contributed by atoms with Crippen LogP contribution in [0.5, 0.6) is 17.2 Å². The molecule has 0 saturated carbocycles. The maximum atomic E-state index is 12.7. The number of phenols is 3. The zero-order chi connectivity index (χ0) is 31.8. The predicted molar refractivity (Wildman–Crippen MR) is 207 cm³/mol. The Bertz CT molecular complexity index is 1360. The van der Waals surface area contributed by atoms with Crippen molar-refractivity contribution in [1.82, 2.24) is 0 Å². The summed E-state index contributed by atoms with van der Waals surface area (Å²) in [6.07, 6.45) is 0. The fourth-order valence-corrected chi connectivity index (χ4v) is 6.98. The number of carbonyl (C=O) groups is 3. The zero-order valence-corrected chi connectivity index (χ0v) is 34.7. The second kappa shape index (κ2) is 17.7. The van der Waals surface area contributed by atoms with Gasteiger partial charge in [-0.3, -0.25) is 0 Å². The Balaban J connectivity index is 1.65. The maximum Gasteiger partial charge on any atom is 0.343 e. The Labute approximate surface area is 328 Å². The largest absolute Gasteiger partial charge is 0.506 e. The lowest BCUT2D eigenvalue weighted by Gasteiger charge is -2.20. The summed E-state index contributed by atoms with van der Waals surface area (Å²) in [6.45, 7) is 0.757. The van der Waals surface area contributed by atoms with E-state index in [1.807, 2.05) is 136 Å². The van der Waals surface area contributed by atoms with Crippen molar-refractivity contribution >= 4 is 153 Å². The number of quaternary nitrogens is 1. The summed E-state index contributed by atoms with van der Waals surface area (Å²) in [5.41, 5.74) is 0.238. The second-order valence-electron chi connectivity index (χ2n) is 8.67. The Morgan fingerprint density at radius 3 is 0.977 bits per heavy atom. The van der Waals surface area contributed by atoms with Gasteiger partial charge in [0.1, 0.15) is 73.4 Å². The third-order valence-corrected chi connectivity index (χ3v) is 11.2. The summed E-state index contributed by atoms with van der Waals surface area (Å²) in [4.78, 5) is 39.0. The predicted octanol–water partition coefficient (Wildman–Crippen LogP) is 5.19. The van der Waals surface area contributed by atoms with Gasteiger partial charge in [-0.05, 0) is 172 Å². The van der Waals surface area contributed by atoms with E-state index in [-0.39, 0.29) is 73.4 Å². The summed E-state index contributed by atoms with van der Waals surface area (Å²) in [6, 6.07) is 10.2. The van der Waals surface area contributed by atoms with E-state index in [1.165, 1.54) is 0 Å². The summed E-state index contributed by atoms with van der Waals surface area (Å²) in [7, 11) is 0. The van der Waals surface area contributed by atoms with Gasteiger partial charge in [0.15, 0.2) is 0 Å². The summed E-state index contributed by atoms with van der Waals surface area (Å²) >= 11 is 11.6. The summed E-state index contributed by atoms with van der Waals surface area (Å²) in [5, 5.41) is 31.0. The highest BCUT2D eigenvalue weighted by atomic mass is 127. The molecule has 16 heteroatoms. The number of hydrogen-bond acceptors (Lipinski definition) is 9. The number of halogens is 6. The van der Waals surface area contributed by atoms with Gasteiger partial charge in [-0.25, -0.2) is 14.4 Å². The fourth-order valence-electron chi connectivity index (χ4n) is 3.66. The van der Waals surface area contributed by atoms with E-state index in [1.54, 1.807) is 36.4 Å². The van der Waals surface area contributed by atoms with Crippen LogP contribution < -0.4 is 4.90 Å². The molecule has 0 atom stereocenters. The molecule has 0 aromatic heterocycles. The van der Waals surface area contributed by atoms with Gasteiger partial charge in [0, 0.05) is 10.7 Å². The maximum absolute atomic E-state index is 12.7. The summed E-state index contributed by atoms with van der Waals surface area (Å²) < 4.78 is 19.5. The Hall–Kier alpha value is -0.190. The molecule has 43 heavy (non-hydrogen) atoms. The SMILES string of the molecule is O=C(OCC[NH+](CCOC(=O)c1c(I)ccc(I)c1O)CCOC(=O)c1c(I)ccc(I)c1O)c1c(I)ccc(I)c1O. The molecule has 0 heterocycles. The zero-order valence-electron chi connectivity index (χ0n) is 21.8. The first-order chi connectivity index (χ1) is 20.3. The first-order valence-corrected chi connectivity index (χ1v) is 18.7. The first-order valence-electron chi connectivity index (χ1n) is 12.2. The van der Waals surface area contributed by atoms with E-state index in [4.69, 9.17) is 14.2 Å². The Morgan fingerprint density at radius 2 is 0.721 bits per heavy atom. The van der Waals surface area contributed by atoms with Crippen molar-refractivity contribution in [3.05, 3.63) is 74.5 Å². The van der Waals surface area contributed by atoms with Crippen LogP contribution in [-0.4, -0.2) is 72.7 Å². The van der Waals surface area contributed by atoms with Crippen molar-refractivity contribution in [1.29, 1.82) is 0 Å².